The van der Waals surface area contributed by atoms with E-state index in [1.54, 1.807) is 6.20 Å². The number of amides is 1. The first-order chi connectivity index (χ1) is 14.1. The molecule has 148 valence electrons. The number of likely N-dealkylation sites (N-methyl/N-ethyl adjacent to an activating group) is 1. The Balaban J connectivity index is 1.44. The molecule has 2 heterocycles. The topological polar surface area (TPSA) is 61.4 Å². The van der Waals surface area contributed by atoms with Crippen LogP contribution in [0.1, 0.15) is 10.4 Å². The van der Waals surface area contributed by atoms with E-state index < -0.39 is 0 Å². The van der Waals surface area contributed by atoms with Gasteiger partial charge in [0.1, 0.15) is 0 Å². The summed E-state index contributed by atoms with van der Waals surface area (Å²) < 4.78 is 0. The summed E-state index contributed by atoms with van der Waals surface area (Å²) in [4.78, 5) is 25.6. The molecule has 6 nitrogen and oxygen atoms in total. The quantitative estimate of drug-likeness (QED) is 0.710. The minimum Gasteiger partial charge on any atom is -0.336 e. The molecule has 7 heteroatoms. The smallest absolute Gasteiger partial charge is 0.253 e. The summed E-state index contributed by atoms with van der Waals surface area (Å²) in [6, 6.07) is 16.8. The number of carbonyl (C=O) groups is 1. The summed E-state index contributed by atoms with van der Waals surface area (Å²) in [6.45, 7) is 3.35. The summed E-state index contributed by atoms with van der Waals surface area (Å²) >= 11 is 5.95. The number of halogens is 1. The van der Waals surface area contributed by atoms with Crippen LogP contribution in [0.2, 0.25) is 5.02 Å². The highest BCUT2D eigenvalue weighted by Crippen LogP contribution is 2.22. The zero-order valence-corrected chi connectivity index (χ0v) is 16.9. The van der Waals surface area contributed by atoms with Crippen LogP contribution in [0.4, 0.5) is 11.6 Å². The van der Waals surface area contributed by atoms with Crippen molar-refractivity contribution < 1.29 is 4.79 Å². The molecule has 1 fully saturated rings. The van der Waals surface area contributed by atoms with Gasteiger partial charge in [0.2, 0.25) is 5.95 Å². The SMILES string of the molecule is CN1CCN(C(=O)c2ccc(Nc3nccc(-c4ccc(Cl)cc4)n3)cc2)CC1. The Morgan fingerprint density at radius 1 is 0.966 bits per heavy atom. The summed E-state index contributed by atoms with van der Waals surface area (Å²) in [5, 5.41) is 3.88. The molecular formula is C22H22ClN5O. The summed E-state index contributed by atoms with van der Waals surface area (Å²) in [6.07, 6.45) is 1.71. The molecular weight excluding hydrogens is 386 g/mol. The molecule has 0 aliphatic carbocycles. The molecule has 1 amide bonds. The highest BCUT2D eigenvalue weighted by Gasteiger charge is 2.20. The lowest BCUT2D eigenvalue weighted by atomic mass is 10.1. The number of piperazine rings is 1. The third kappa shape index (κ3) is 4.72. The number of carbonyl (C=O) groups excluding carboxylic acids is 1. The van der Waals surface area contributed by atoms with Crippen LogP contribution in [0.5, 0.6) is 0 Å². The van der Waals surface area contributed by atoms with Crippen LogP contribution in [-0.2, 0) is 0 Å². The zero-order valence-electron chi connectivity index (χ0n) is 16.2. The van der Waals surface area contributed by atoms with Crippen molar-refractivity contribution in [3.05, 3.63) is 71.4 Å². The Kier molecular flexibility index (Phi) is 5.74. The van der Waals surface area contributed by atoms with E-state index in [1.165, 1.54) is 0 Å². The first-order valence-electron chi connectivity index (χ1n) is 9.52. The normalized spacial score (nSPS) is 14.6. The Morgan fingerprint density at radius 2 is 1.66 bits per heavy atom. The van der Waals surface area contributed by atoms with Crippen molar-refractivity contribution in [2.45, 2.75) is 0 Å². The second-order valence-electron chi connectivity index (χ2n) is 7.07. The highest BCUT2D eigenvalue weighted by atomic mass is 35.5. The predicted molar refractivity (Wildman–Crippen MR) is 116 cm³/mol. The van der Waals surface area contributed by atoms with Crippen LogP contribution in [0.15, 0.2) is 60.8 Å². The van der Waals surface area contributed by atoms with Crippen LogP contribution in [0, 0.1) is 0 Å². The fourth-order valence-corrected chi connectivity index (χ4v) is 3.34. The van der Waals surface area contributed by atoms with Crippen molar-refractivity contribution in [1.29, 1.82) is 0 Å². The van der Waals surface area contributed by atoms with Crippen LogP contribution >= 0.6 is 11.6 Å². The maximum atomic E-state index is 12.7. The van der Waals surface area contributed by atoms with E-state index >= 15 is 0 Å². The predicted octanol–water partition coefficient (Wildman–Crippen LogP) is 3.93. The zero-order chi connectivity index (χ0) is 20.2. The van der Waals surface area contributed by atoms with Crippen molar-refractivity contribution in [3.63, 3.8) is 0 Å². The van der Waals surface area contributed by atoms with E-state index in [2.05, 4.69) is 27.2 Å². The molecule has 4 rings (SSSR count). The van der Waals surface area contributed by atoms with Crippen molar-refractivity contribution in [1.82, 2.24) is 19.8 Å². The standard InChI is InChI=1S/C22H22ClN5O/c1-27-12-14-28(15-13-27)21(29)17-4-8-19(9-5-17)25-22-24-11-10-20(26-22)16-2-6-18(23)7-3-16/h2-11H,12-15H2,1H3,(H,24,25,26). The second-order valence-corrected chi connectivity index (χ2v) is 7.51. The number of hydrogen-bond acceptors (Lipinski definition) is 5. The Hall–Kier alpha value is -2.96. The molecule has 1 saturated heterocycles. The summed E-state index contributed by atoms with van der Waals surface area (Å²) in [7, 11) is 2.08. The van der Waals surface area contributed by atoms with E-state index in [0.29, 0.717) is 16.5 Å². The van der Waals surface area contributed by atoms with Gasteiger partial charge in [-0.1, -0.05) is 23.7 Å². The van der Waals surface area contributed by atoms with Gasteiger partial charge in [-0.2, -0.15) is 0 Å². The van der Waals surface area contributed by atoms with Gasteiger partial charge in [-0.25, -0.2) is 9.97 Å². The number of nitrogens with one attached hydrogen (secondary N) is 1. The lowest BCUT2D eigenvalue weighted by Crippen LogP contribution is -2.47. The van der Waals surface area contributed by atoms with Crippen LogP contribution in [-0.4, -0.2) is 58.9 Å². The van der Waals surface area contributed by atoms with E-state index in [4.69, 9.17) is 11.6 Å². The van der Waals surface area contributed by atoms with Crippen molar-refractivity contribution in [2.75, 3.05) is 38.5 Å². The number of anilines is 2. The van der Waals surface area contributed by atoms with Gasteiger partial charge in [0.25, 0.3) is 5.91 Å². The number of benzene rings is 2. The number of nitrogens with zero attached hydrogens (tertiary/aromatic N) is 4. The van der Waals surface area contributed by atoms with Crippen molar-refractivity contribution >= 4 is 29.1 Å². The maximum absolute atomic E-state index is 12.7. The third-order valence-electron chi connectivity index (χ3n) is 4.97. The Morgan fingerprint density at radius 3 is 2.34 bits per heavy atom. The highest BCUT2D eigenvalue weighted by molar-refractivity contribution is 6.30. The number of rotatable bonds is 4. The minimum absolute atomic E-state index is 0.0747. The fraction of sp³-hybridized carbons (Fsp3) is 0.227. The Bertz CT molecular complexity index is 983. The first-order valence-corrected chi connectivity index (χ1v) is 9.90. The van der Waals surface area contributed by atoms with Gasteiger partial charge in [0, 0.05) is 54.2 Å². The first kappa shape index (κ1) is 19.4. The summed E-state index contributed by atoms with van der Waals surface area (Å²) in [5.74, 6) is 0.571. The van der Waals surface area contributed by atoms with Gasteiger partial charge in [0.15, 0.2) is 0 Å². The lowest BCUT2D eigenvalue weighted by molar-refractivity contribution is 0.0664. The monoisotopic (exact) mass is 407 g/mol. The fourth-order valence-electron chi connectivity index (χ4n) is 3.22. The number of hydrogen-bond donors (Lipinski definition) is 1. The van der Waals surface area contributed by atoms with Gasteiger partial charge >= 0.3 is 0 Å². The molecule has 1 aromatic heterocycles. The van der Waals surface area contributed by atoms with E-state index in [9.17, 15) is 4.79 Å². The average Bonchev–Trinajstić information content (AvgIpc) is 2.75. The van der Waals surface area contributed by atoms with Gasteiger partial charge in [-0.05, 0) is 49.5 Å². The lowest BCUT2D eigenvalue weighted by Gasteiger charge is -2.32. The van der Waals surface area contributed by atoms with Gasteiger partial charge in [0.05, 0.1) is 5.69 Å². The molecule has 0 bridgehead atoms. The third-order valence-corrected chi connectivity index (χ3v) is 5.23. The molecule has 0 saturated carbocycles. The molecule has 0 radical (unpaired) electrons. The van der Waals surface area contributed by atoms with Crippen LogP contribution in [0.3, 0.4) is 0 Å². The minimum atomic E-state index is 0.0747. The van der Waals surface area contributed by atoms with Gasteiger partial charge in [-0.3, -0.25) is 4.79 Å². The largest absolute Gasteiger partial charge is 0.336 e. The molecule has 2 aromatic carbocycles. The summed E-state index contributed by atoms with van der Waals surface area (Å²) in [5.41, 5.74) is 3.29. The molecule has 0 unspecified atom stereocenters. The van der Waals surface area contributed by atoms with Crippen molar-refractivity contribution in [2.24, 2.45) is 0 Å². The molecule has 29 heavy (non-hydrogen) atoms. The Labute approximate surface area is 175 Å². The van der Waals surface area contributed by atoms with Gasteiger partial charge < -0.3 is 15.1 Å². The maximum Gasteiger partial charge on any atom is 0.253 e. The molecule has 1 aliphatic heterocycles. The molecule has 1 aliphatic rings. The molecule has 0 atom stereocenters. The van der Waals surface area contributed by atoms with E-state index in [0.717, 1.165) is 43.1 Å². The molecule has 0 spiro atoms. The van der Waals surface area contributed by atoms with E-state index in [-0.39, 0.29) is 5.91 Å². The van der Waals surface area contributed by atoms with Crippen molar-refractivity contribution in [3.8, 4) is 11.3 Å². The number of aromatic nitrogens is 2. The van der Waals surface area contributed by atoms with Crippen LogP contribution in [0.25, 0.3) is 11.3 Å². The molecule has 1 N–H and O–H groups in total. The molecule has 3 aromatic rings. The average molecular weight is 408 g/mol. The van der Waals surface area contributed by atoms with E-state index in [1.807, 2.05) is 59.5 Å². The van der Waals surface area contributed by atoms with Gasteiger partial charge in [-0.15, -0.1) is 0 Å². The second kappa shape index (κ2) is 8.59. The van der Waals surface area contributed by atoms with Crippen LogP contribution < -0.4 is 5.32 Å².